The van der Waals surface area contributed by atoms with Crippen molar-refractivity contribution in [3.63, 3.8) is 0 Å². The molecule has 0 aromatic heterocycles. The summed E-state index contributed by atoms with van der Waals surface area (Å²) in [6.45, 7) is 13.1. The van der Waals surface area contributed by atoms with Crippen molar-refractivity contribution in [1.29, 1.82) is 0 Å². The maximum atomic E-state index is 3.88. The second-order valence-corrected chi connectivity index (χ2v) is 7.99. The molecule has 0 atom stereocenters. The second-order valence-electron chi connectivity index (χ2n) is 7.99. The van der Waals surface area contributed by atoms with Crippen molar-refractivity contribution in [2.45, 2.75) is 70.9 Å². The van der Waals surface area contributed by atoms with Gasteiger partial charge >= 0.3 is 0 Å². The Labute approximate surface area is 132 Å². The molecular weight excluding hydrogens is 258 g/mol. The van der Waals surface area contributed by atoms with Gasteiger partial charge in [0, 0.05) is 44.3 Å². The molecule has 1 saturated heterocycles. The average Bonchev–Trinajstić information content (AvgIpc) is 2.47. The predicted octanol–water partition coefficient (Wildman–Crippen LogP) is 2.96. The Kier molecular flexibility index (Phi) is 6.51. The standard InChI is InChI=1S/C18H37N3/c1-5-6-16-7-9-17(10-8-16)19-15-18(2,3)21-13-11-20(4)12-14-21/h16-17,19H,5-15H2,1-4H3. The minimum Gasteiger partial charge on any atom is -0.312 e. The smallest absolute Gasteiger partial charge is 0.0278 e. The molecule has 124 valence electrons. The summed E-state index contributed by atoms with van der Waals surface area (Å²) in [7, 11) is 2.23. The maximum absolute atomic E-state index is 3.88. The molecule has 1 N–H and O–H groups in total. The van der Waals surface area contributed by atoms with Crippen LogP contribution in [0.15, 0.2) is 0 Å². The molecule has 1 saturated carbocycles. The molecule has 3 nitrogen and oxygen atoms in total. The minimum absolute atomic E-state index is 0.293. The number of nitrogens with one attached hydrogen (secondary N) is 1. The first-order valence-corrected chi connectivity index (χ1v) is 9.18. The molecule has 3 heteroatoms. The lowest BCUT2D eigenvalue weighted by molar-refractivity contribution is 0.0586. The molecule has 1 heterocycles. The molecule has 0 aromatic rings. The van der Waals surface area contributed by atoms with Crippen molar-refractivity contribution < 1.29 is 0 Å². The van der Waals surface area contributed by atoms with Gasteiger partial charge in [0.05, 0.1) is 0 Å². The first kappa shape index (κ1) is 17.2. The number of nitrogens with zero attached hydrogens (tertiary/aromatic N) is 2. The molecule has 0 unspecified atom stereocenters. The zero-order chi connectivity index (χ0) is 15.3. The van der Waals surface area contributed by atoms with Crippen LogP contribution >= 0.6 is 0 Å². The molecule has 0 amide bonds. The SMILES string of the molecule is CCCC1CCC(NCC(C)(C)N2CCN(C)CC2)CC1. The van der Waals surface area contributed by atoms with Gasteiger partial charge in [0.1, 0.15) is 0 Å². The van der Waals surface area contributed by atoms with E-state index in [9.17, 15) is 0 Å². The van der Waals surface area contributed by atoms with E-state index in [-0.39, 0.29) is 0 Å². The Morgan fingerprint density at radius 1 is 1.00 bits per heavy atom. The van der Waals surface area contributed by atoms with Crippen LogP contribution < -0.4 is 5.32 Å². The predicted molar refractivity (Wildman–Crippen MR) is 91.8 cm³/mol. The lowest BCUT2D eigenvalue weighted by Gasteiger charge is -2.44. The Hall–Kier alpha value is -0.120. The van der Waals surface area contributed by atoms with Crippen LogP contribution in [0.25, 0.3) is 0 Å². The van der Waals surface area contributed by atoms with Crippen LogP contribution in [0.1, 0.15) is 59.3 Å². The molecular formula is C18H37N3. The van der Waals surface area contributed by atoms with Gasteiger partial charge in [0.25, 0.3) is 0 Å². The molecule has 0 bridgehead atoms. The highest BCUT2D eigenvalue weighted by molar-refractivity contribution is 4.89. The van der Waals surface area contributed by atoms with Crippen molar-refractivity contribution in [2.75, 3.05) is 39.8 Å². The lowest BCUT2D eigenvalue weighted by atomic mass is 9.83. The molecule has 1 aliphatic heterocycles. The summed E-state index contributed by atoms with van der Waals surface area (Å²) >= 11 is 0. The van der Waals surface area contributed by atoms with Crippen LogP contribution in [0.5, 0.6) is 0 Å². The van der Waals surface area contributed by atoms with Crippen LogP contribution in [0, 0.1) is 5.92 Å². The lowest BCUT2D eigenvalue weighted by Crippen LogP contribution is -2.58. The van der Waals surface area contributed by atoms with Crippen molar-refractivity contribution >= 4 is 0 Å². The highest BCUT2D eigenvalue weighted by atomic mass is 15.3. The minimum atomic E-state index is 0.293. The zero-order valence-corrected chi connectivity index (χ0v) is 14.8. The average molecular weight is 296 g/mol. The number of likely N-dealkylation sites (N-methyl/N-ethyl adjacent to an activating group) is 1. The molecule has 2 fully saturated rings. The van der Waals surface area contributed by atoms with Gasteiger partial charge in [0.2, 0.25) is 0 Å². The highest BCUT2D eigenvalue weighted by Crippen LogP contribution is 2.28. The summed E-state index contributed by atoms with van der Waals surface area (Å²) in [5.41, 5.74) is 0.293. The summed E-state index contributed by atoms with van der Waals surface area (Å²) in [6.07, 6.45) is 8.48. The number of hydrogen-bond acceptors (Lipinski definition) is 3. The number of rotatable bonds is 6. The van der Waals surface area contributed by atoms with Gasteiger partial charge in [-0.2, -0.15) is 0 Å². The Balaban J connectivity index is 1.70. The Morgan fingerprint density at radius 3 is 2.19 bits per heavy atom. The van der Waals surface area contributed by atoms with E-state index in [2.05, 4.69) is 42.9 Å². The van der Waals surface area contributed by atoms with Gasteiger partial charge in [-0.15, -0.1) is 0 Å². The highest BCUT2D eigenvalue weighted by Gasteiger charge is 2.30. The van der Waals surface area contributed by atoms with E-state index in [1.165, 1.54) is 64.7 Å². The van der Waals surface area contributed by atoms with E-state index >= 15 is 0 Å². The molecule has 1 aliphatic carbocycles. The monoisotopic (exact) mass is 295 g/mol. The summed E-state index contributed by atoms with van der Waals surface area (Å²) in [6, 6.07) is 0.768. The zero-order valence-electron chi connectivity index (χ0n) is 14.8. The normalized spacial score (nSPS) is 29.7. The molecule has 2 aliphatic rings. The fourth-order valence-corrected chi connectivity index (χ4v) is 3.98. The third kappa shape index (κ3) is 5.22. The van der Waals surface area contributed by atoms with Crippen LogP contribution in [0.3, 0.4) is 0 Å². The molecule has 2 rings (SSSR count). The van der Waals surface area contributed by atoms with E-state index in [0.29, 0.717) is 5.54 Å². The van der Waals surface area contributed by atoms with Crippen LogP contribution in [0.4, 0.5) is 0 Å². The van der Waals surface area contributed by atoms with Crippen molar-refractivity contribution in [3.05, 3.63) is 0 Å². The molecule has 0 spiro atoms. The van der Waals surface area contributed by atoms with Crippen molar-refractivity contribution in [2.24, 2.45) is 5.92 Å². The maximum Gasteiger partial charge on any atom is 0.0278 e. The topological polar surface area (TPSA) is 18.5 Å². The van der Waals surface area contributed by atoms with Crippen molar-refractivity contribution in [3.8, 4) is 0 Å². The summed E-state index contributed by atoms with van der Waals surface area (Å²) in [4.78, 5) is 5.11. The van der Waals surface area contributed by atoms with Gasteiger partial charge in [-0.1, -0.05) is 19.8 Å². The third-order valence-electron chi connectivity index (χ3n) is 5.73. The van der Waals surface area contributed by atoms with Gasteiger partial charge in [-0.05, 0) is 52.5 Å². The Morgan fingerprint density at radius 2 is 1.62 bits per heavy atom. The molecule has 0 radical (unpaired) electrons. The largest absolute Gasteiger partial charge is 0.312 e. The van der Waals surface area contributed by atoms with E-state index < -0.39 is 0 Å². The summed E-state index contributed by atoms with van der Waals surface area (Å²) in [5, 5.41) is 3.88. The van der Waals surface area contributed by atoms with E-state index in [4.69, 9.17) is 0 Å². The van der Waals surface area contributed by atoms with Crippen LogP contribution in [-0.2, 0) is 0 Å². The molecule has 21 heavy (non-hydrogen) atoms. The second kappa shape index (κ2) is 7.94. The fraction of sp³-hybridized carbons (Fsp3) is 1.00. The van der Waals surface area contributed by atoms with Gasteiger partial charge in [-0.25, -0.2) is 0 Å². The quantitative estimate of drug-likeness (QED) is 0.813. The van der Waals surface area contributed by atoms with E-state index in [1.54, 1.807) is 0 Å². The van der Waals surface area contributed by atoms with E-state index in [0.717, 1.165) is 18.5 Å². The van der Waals surface area contributed by atoms with Gasteiger partial charge in [0.15, 0.2) is 0 Å². The summed E-state index contributed by atoms with van der Waals surface area (Å²) in [5.74, 6) is 1.01. The fourth-order valence-electron chi connectivity index (χ4n) is 3.98. The Bertz CT molecular complexity index is 287. The van der Waals surface area contributed by atoms with Gasteiger partial charge < -0.3 is 10.2 Å². The van der Waals surface area contributed by atoms with Crippen LogP contribution in [0.2, 0.25) is 0 Å². The summed E-state index contributed by atoms with van der Waals surface area (Å²) < 4.78 is 0. The third-order valence-corrected chi connectivity index (χ3v) is 5.73. The van der Waals surface area contributed by atoms with Gasteiger partial charge in [-0.3, -0.25) is 4.90 Å². The number of piperazine rings is 1. The van der Waals surface area contributed by atoms with E-state index in [1.807, 2.05) is 0 Å². The first-order chi connectivity index (χ1) is 10.0. The number of hydrogen-bond donors (Lipinski definition) is 1. The first-order valence-electron chi connectivity index (χ1n) is 9.18. The molecule has 0 aromatic carbocycles. The van der Waals surface area contributed by atoms with Crippen LogP contribution in [-0.4, -0.2) is 61.2 Å². The van der Waals surface area contributed by atoms with Crippen molar-refractivity contribution in [1.82, 2.24) is 15.1 Å².